The number of aliphatic carboxylic acids is 1. The number of carbonyl (C=O) groups excluding carboxylic acids is 5. The second-order valence-corrected chi connectivity index (χ2v) is 27.0. The molecule has 1 spiro atoms. The minimum Gasteiger partial charge on any atom is -0.511 e. The van der Waals surface area contributed by atoms with Crippen molar-refractivity contribution in [2.24, 2.45) is 40.4 Å². The van der Waals surface area contributed by atoms with E-state index in [2.05, 4.69) is 26.7 Å². The number of rotatable bonds is 12. The first kappa shape index (κ1) is 62.0. The van der Waals surface area contributed by atoms with Crippen LogP contribution in [0.4, 0.5) is 0 Å². The first-order valence-electron chi connectivity index (χ1n) is 30.7. The Morgan fingerprint density at radius 1 is 0.791 bits per heavy atom. The molecular weight excluding hydrogens is 1130 g/mol. The molecule has 86 heavy (non-hydrogen) atoms. The van der Waals surface area contributed by atoms with Crippen LogP contribution in [-0.2, 0) is 61.9 Å². The van der Waals surface area contributed by atoms with Crippen LogP contribution in [0.15, 0.2) is 59.4 Å². The van der Waals surface area contributed by atoms with E-state index in [-0.39, 0.29) is 84.5 Å². The SMILES string of the molecule is CCC1CC2(C)C=C(C(=O)O)C(C)CC23NC(=O)/C(=C(/O)C2(C)C(C=CC4C(O[C@H]5CC[C@@H](O[C@@H]6C[C@@](C)(O)[C@@H](O[C@@H]7C[C@H](OC(=O)c8cc9c([nH]8)[nH]c8ccc(Cl)cc89)[C@H](NC(C)=O)[C@H](C)O7)[C@H](C)O6)[C@@H](C)O5)CCCC42)CC1OC(C)=O)C3=O. The number of benzene rings is 1. The van der Waals surface area contributed by atoms with Gasteiger partial charge in [-0.2, -0.15) is 0 Å². The summed E-state index contributed by atoms with van der Waals surface area (Å²) in [5, 5.41) is 43.4. The summed E-state index contributed by atoms with van der Waals surface area (Å²) in [6.07, 6.45) is 2.45. The second kappa shape index (κ2) is 23.4. The van der Waals surface area contributed by atoms with Crippen LogP contribution in [0.25, 0.3) is 21.9 Å². The van der Waals surface area contributed by atoms with Crippen molar-refractivity contribution in [2.75, 3.05) is 0 Å². The van der Waals surface area contributed by atoms with Crippen molar-refractivity contribution < 1.29 is 82.0 Å². The van der Waals surface area contributed by atoms with Gasteiger partial charge in [0.1, 0.15) is 46.5 Å². The van der Waals surface area contributed by atoms with Crippen LogP contribution in [0, 0.1) is 40.4 Å². The molecule has 3 aromatic rings. The van der Waals surface area contributed by atoms with Crippen LogP contribution in [-0.4, -0.2) is 146 Å². The number of hydrogen-bond donors (Lipinski definition) is 7. The summed E-state index contributed by atoms with van der Waals surface area (Å²) >= 11 is 6.28. The molecule has 10 unspecified atom stereocenters. The van der Waals surface area contributed by atoms with Gasteiger partial charge in [0.25, 0.3) is 5.91 Å². The number of Topliss-reactive ketones (excluding diaryl/α,β-unsaturated/α-hetero) is 1. The van der Waals surface area contributed by atoms with Gasteiger partial charge in [-0.3, -0.25) is 19.2 Å². The number of carboxylic acid groups (broad SMARTS) is 1. The van der Waals surface area contributed by atoms with Gasteiger partial charge in [0, 0.05) is 76.7 Å². The monoisotopic (exact) mass is 1210 g/mol. The zero-order chi connectivity index (χ0) is 61.7. The van der Waals surface area contributed by atoms with E-state index in [1.54, 1.807) is 52.8 Å². The van der Waals surface area contributed by atoms with Crippen molar-refractivity contribution in [2.45, 2.75) is 225 Å². The quantitative estimate of drug-likeness (QED) is 0.0507. The maximum Gasteiger partial charge on any atom is 0.355 e. The van der Waals surface area contributed by atoms with Gasteiger partial charge in [-0.15, -0.1) is 0 Å². The number of hydrogen-bond acceptors (Lipinski definition) is 16. The lowest BCUT2D eigenvalue weighted by molar-refractivity contribution is -0.339. The average Bonchev–Trinajstić information content (AvgIpc) is 1.67. The van der Waals surface area contributed by atoms with Crippen LogP contribution < -0.4 is 10.6 Å². The number of aromatic nitrogens is 2. The number of halogens is 1. The van der Waals surface area contributed by atoms with E-state index in [4.69, 9.17) is 49.5 Å². The first-order chi connectivity index (χ1) is 40.6. The number of carbonyl (C=O) groups is 6. The van der Waals surface area contributed by atoms with Crippen molar-refractivity contribution in [3.05, 3.63) is 70.1 Å². The average molecular weight is 1220 g/mol. The smallest absolute Gasteiger partial charge is 0.355 e. The highest BCUT2D eigenvalue weighted by Crippen LogP contribution is 2.60. The van der Waals surface area contributed by atoms with Gasteiger partial charge in [-0.05, 0) is 121 Å². The number of allylic oxidation sites excluding steroid dienone is 2. The highest BCUT2D eigenvalue weighted by atomic mass is 35.5. The number of ketones is 1. The Kier molecular flexibility index (Phi) is 16.8. The molecular formula is C64H83ClN4O17. The number of ether oxygens (including phenoxy) is 8. The predicted molar refractivity (Wildman–Crippen MR) is 312 cm³/mol. The molecule has 4 aliphatic carbocycles. The molecule has 4 saturated heterocycles. The van der Waals surface area contributed by atoms with Crippen molar-refractivity contribution >= 4 is 69.0 Å². The second-order valence-electron chi connectivity index (χ2n) is 26.5. The lowest BCUT2D eigenvalue weighted by Gasteiger charge is -2.53. The molecule has 6 heterocycles. The lowest BCUT2D eigenvalue weighted by Crippen LogP contribution is -2.61. The Balaban J connectivity index is 0.750. The number of carboxylic acids is 1. The highest BCUT2D eigenvalue weighted by molar-refractivity contribution is 6.32. The fourth-order valence-electron chi connectivity index (χ4n) is 16.3. The Labute approximate surface area is 504 Å². The molecule has 2 amide bonds. The van der Waals surface area contributed by atoms with E-state index >= 15 is 4.79 Å². The van der Waals surface area contributed by atoms with Crippen LogP contribution in [0.3, 0.4) is 0 Å². The number of fused-ring (bicyclic) bond motifs is 7. The molecule has 7 N–H and O–H groups in total. The number of aliphatic hydroxyl groups is 2. The molecule has 21 nitrogen and oxygen atoms in total. The normalized spacial score (nSPS) is 41.7. The topological polar surface area (TPSA) is 293 Å². The number of nitrogens with one attached hydrogen (secondary N) is 4. The summed E-state index contributed by atoms with van der Waals surface area (Å²) in [5.74, 6) is -6.12. The van der Waals surface area contributed by atoms with E-state index in [0.717, 1.165) is 16.3 Å². The van der Waals surface area contributed by atoms with Gasteiger partial charge in [0.15, 0.2) is 24.7 Å². The Morgan fingerprint density at radius 2 is 1.52 bits per heavy atom. The number of amides is 2. The summed E-state index contributed by atoms with van der Waals surface area (Å²) < 4.78 is 51.6. The van der Waals surface area contributed by atoms with Gasteiger partial charge in [0.05, 0.1) is 42.2 Å². The number of aliphatic hydroxyl groups excluding tert-OH is 1. The maximum atomic E-state index is 15.3. The summed E-state index contributed by atoms with van der Waals surface area (Å²) in [5.41, 5.74) is -3.93. The number of esters is 2. The van der Waals surface area contributed by atoms with Gasteiger partial charge >= 0.3 is 17.9 Å². The third-order valence-corrected chi connectivity index (χ3v) is 20.9. The molecule has 1 saturated carbocycles. The van der Waals surface area contributed by atoms with Gasteiger partial charge in [-0.25, -0.2) is 9.59 Å². The van der Waals surface area contributed by atoms with E-state index < -0.39 is 131 Å². The molecule has 22 heteroatoms. The van der Waals surface area contributed by atoms with Crippen LogP contribution in [0.5, 0.6) is 0 Å². The van der Waals surface area contributed by atoms with Gasteiger partial charge in [-0.1, -0.05) is 63.9 Å². The van der Waals surface area contributed by atoms with Crippen LogP contribution in [0.1, 0.15) is 150 Å². The van der Waals surface area contributed by atoms with Crippen LogP contribution in [0.2, 0.25) is 5.02 Å². The number of H-pyrrole nitrogens is 2. The third kappa shape index (κ3) is 11.1. The Morgan fingerprint density at radius 3 is 2.22 bits per heavy atom. The first-order valence-corrected chi connectivity index (χ1v) is 31.1. The van der Waals surface area contributed by atoms with E-state index in [9.17, 15) is 39.3 Å². The summed E-state index contributed by atoms with van der Waals surface area (Å²) in [7, 11) is 0. The largest absolute Gasteiger partial charge is 0.511 e. The Hall–Kier alpha value is -5.65. The zero-order valence-electron chi connectivity index (χ0n) is 50.6. The summed E-state index contributed by atoms with van der Waals surface area (Å²) in [4.78, 5) is 87.9. The number of aromatic amines is 2. The van der Waals surface area contributed by atoms with Crippen molar-refractivity contribution in [3.63, 3.8) is 0 Å². The third-order valence-electron chi connectivity index (χ3n) is 20.7. The molecule has 8 aliphatic rings. The van der Waals surface area contributed by atoms with Crippen molar-refractivity contribution in [1.82, 2.24) is 20.6 Å². The fraction of sp³-hybridized carbons (Fsp3) is 0.656. The molecule has 1 aromatic carbocycles. The van der Waals surface area contributed by atoms with E-state index in [1.165, 1.54) is 13.8 Å². The van der Waals surface area contributed by atoms with Gasteiger partial charge < -0.3 is 73.8 Å². The van der Waals surface area contributed by atoms with Crippen LogP contribution >= 0.6 is 11.6 Å². The van der Waals surface area contributed by atoms with E-state index in [1.807, 2.05) is 39.0 Å². The molecule has 2 aromatic heterocycles. The minimum absolute atomic E-state index is 0.0158. The molecule has 5 fully saturated rings. The molecule has 21 atom stereocenters. The minimum atomic E-state index is -1.56. The zero-order valence-corrected chi connectivity index (χ0v) is 51.3. The standard InChI is InChI=1S/C64H83ClN4O17/c1-11-35-26-61(8)27-41(59(75)76)29(2)25-64(61)55(73)52(58(74)69-64)54(72)63(10)36(21-47(35)82-34(7)71)15-17-38-42(63)13-12-14-46(38)84-49-20-19-45(30(3)79-49)83-51-28-62(9,78)56(32(5)81-51)86-50-24-48(53(31(4)80-50)66-33(6)70)85-60(77)44-23-40-39-22-37(65)16-18-43(39)67-57(40)68-44/h15-18,22-23,27,29-32,35-36,38,42,45-51,53,56,67-68,72,78H,11-14,19-21,24-26,28H2,1-10H3,(H,66,70)(H,69,74)(H,75,76)/b54-52+/t29?,30-,31+,32+,35?,36?,38?,42?,45-,46?,47?,48+,49+,50-,51-,53-,56+,61?,62-,63?,64?/m1/s1. The molecule has 4 aliphatic heterocycles. The van der Waals surface area contributed by atoms with Crippen molar-refractivity contribution in [3.8, 4) is 0 Å². The molecule has 2 bridgehead atoms. The maximum absolute atomic E-state index is 15.3. The van der Waals surface area contributed by atoms with E-state index in [0.29, 0.717) is 49.2 Å². The lowest BCUT2D eigenvalue weighted by atomic mass is 9.53. The molecule has 11 rings (SSSR count). The summed E-state index contributed by atoms with van der Waals surface area (Å²) in [6, 6.07) is 6.43. The van der Waals surface area contributed by atoms with Gasteiger partial charge in [0.2, 0.25) is 5.91 Å². The predicted octanol–water partition coefficient (Wildman–Crippen LogP) is 8.70. The highest BCUT2D eigenvalue weighted by Gasteiger charge is 2.66. The fourth-order valence-corrected chi connectivity index (χ4v) is 16.5. The molecule has 468 valence electrons. The summed E-state index contributed by atoms with van der Waals surface area (Å²) in [6.45, 7) is 17.3. The molecule has 0 radical (unpaired) electrons. The van der Waals surface area contributed by atoms with Crippen molar-refractivity contribution in [1.29, 1.82) is 0 Å². The Bertz CT molecular complexity index is 3280.